The normalized spacial score (nSPS) is 18.0. The van der Waals surface area contributed by atoms with E-state index in [0.717, 1.165) is 82.3 Å². The van der Waals surface area contributed by atoms with E-state index in [9.17, 15) is 22.8 Å². The van der Waals surface area contributed by atoms with Crippen molar-refractivity contribution >= 4 is 33.7 Å². The molecule has 3 amide bonds. The molecule has 6 aromatic heterocycles. The van der Waals surface area contributed by atoms with Gasteiger partial charge in [0.25, 0.3) is 0 Å². The average Bonchev–Trinajstić information content (AvgIpc) is 4.01. The van der Waals surface area contributed by atoms with Crippen molar-refractivity contribution in [3.05, 3.63) is 90.4 Å². The van der Waals surface area contributed by atoms with Gasteiger partial charge in [0.1, 0.15) is 23.1 Å². The van der Waals surface area contributed by atoms with E-state index in [2.05, 4.69) is 57.3 Å². The number of ether oxygens (including phenoxy) is 1. The number of carbonyl (C=O) groups excluding carboxylic acids is 2. The lowest BCUT2D eigenvalue weighted by Crippen LogP contribution is -2.43. The summed E-state index contributed by atoms with van der Waals surface area (Å²) in [5, 5.41) is 18.1. The Morgan fingerprint density at radius 2 is 1.50 bits per heavy atom. The summed E-state index contributed by atoms with van der Waals surface area (Å²) < 4.78 is 56.4. The Morgan fingerprint density at radius 3 is 2.21 bits per heavy atom. The molecule has 0 spiro atoms. The van der Waals surface area contributed by atoms with Gasteiger partial charge in [0.2, 0.25) is 5.91 Å². The van der Waals surface area contributed by atoms with E-state index in [-0.39, 0.29) is 41.6 Å². The Kier molecular flexibility index (Phi) is 9.56. The van der Waals surface area contributed by atoms with Crippen LogP contribution in [0.1, 0.15) is 61.1 Å². The second-order valence-corrected chi connectivity index (χ2v) is 18.5. The van der Waals surface area contributed by atoms with Crippen molar-refractivity contribution in [2.75, 3.05) is 20.1 Å². The Morgan fingerprint density at radius 1 is 0.794 bits per heavy atom. The van der Waals surface area contributed by atoms with Crippen LogP contribution in [-0.2, 0) is 51.6 Å². The largest absolute Gasteiger partial charge is 0.573 e. The first-order valence-corrected chi connectivity index (χ1v) is 22.9. The van der Waals surface area contributed by atoms with Crippen LogP contribution in [0.2, 0.25) is 0 Å². The van der Waals surface area contributed by atoms with Crippen LogP contribution in [-0.4, -0.2) is 102 Å². The number of hydrogen-bond donors (Lipinski definition) is 1. The van der Waals surface area contributed by atoms with Crippen LogP contribution in [0.25, 0.3) is 66.7 Å². The minimum absolute atomic E-state index is 0.0472. The molecule has 1 N–H and O–H groups in total. The third kappa shape index (κ3) is 7.23. The standard InChI is InChI=1S/C48H47F3N14O3/c1-26(66)61-11-13-63-39(24-61)43(56-45(63)27-5-6-27)28-7-8-38-36(15-28)42(31-20-55-60(4)22-31)58-65(38)23-29-16-34(29)46-57-44(40-25-62(47(67)52-2)12-14-64(40)46)32-9-10-53-37-17-33(30-19-54-59(3)21-30)41(18-35(32)37)68-48(49,50)51/h7-10,15,17-22,27,29,34H,5-6,11-14,16,23-25H2,1-4H3,(H,52,67). The number of urea groups is 1. The Balaban J connectivity index is 0.919. The molecule has 20 heteroatoms. The molecule has 68 heavy (non-hydrogen) atoms. The molecule has 4 aliphatic rings. The topological polar surface area (TPSA) is 164 Å². The fraction of sp³-hybridized carbons (Fsp3) is 0.375. The van der Waals surface area contributed by atoms with E-state index < -0.39 is 6.36 Å². The summed E-state index contributed by atoms with van der Waals surface area (Å²) in [7, 11) is 5.16. The summed E-state index contributed by atoms with van der Waals surface area (Å²) in [6.45, 7) is 5.35. The summed E-state index contributed by atoms with van der Waals surface area (Å²) in [5.74, 6) is 2.30. The van der Waals surface area contributed by atoms with Crippen molar-refractivity contribution in [1.29, 1.82) is 0 Å². The van der Waals surface area contributed by atoms with E-state index in [4.69, 9.17) is 15.1 Å². The molecule has 2 aliphatic carbocycles. The number of aromatic nitrogens is 11. The number of alkyl halides is 3. The first-order valence-electron chi connectivity index (χ1n) is 22.9. The van der Waals surface area contributed by atoms with Gasteiger partial charge in [-0.3, -0.25) is 23.8 Å². The maximum Gasteiger partial charge on any atom is 0.573 e. The van der Waals surface area contributed by atoms with Crippen molar-refractivity contribution in [3.63, 3.8) is 0 Å². The first kappa shape index (κ1) is 41.9. The van der Waals surface area contributed by atoms with Crippen LogP contribution in [0, 0.1) is 5.92 Å². The molecule has 17 nitrogen and oxygen atoms in total. The Bertz CT molecular complexity index is 3350. The number of fused-ring (bicyclic) bond motifs is 4. The number of nitrogens with zero attached hydrogens (tertiary/aromatic N) is 13. The van der Waals surface area contributed by atoms with Crippen molar-refractivity contribution in [2.45, 2.75) is 77.1 Å². The van der Waals surface area contributed by atoms with Gasteiger partial charge >= 0.3 is 12.4 Å². The van der Waals surface area contributed by atoms with E-state index in [1.165, 1.54) is 16.9 Å². The van der Waals surface area contributed by atoms with Crippen LogP contribution < -0.4 is 10.1 Å². The van der Waals surface area contributed by atoms with Crippen molar-refractivity contribution < 1.29 is 27.5 Å². The number of aryl methyl sites for hydroxylation is 2. The van der Waals surface area contributed by atoms with Gasteiger partial charge in [-0.1, -0.05) is 6.07 Å². The zero-order chi connectivity index (χ0) is 46.7. The quantitative estimate of drug-likeness (QED) is 0.158. The number of halogens is 3. The van der Waals surface area contributed by atoms with Crippen LogP contribution in [0.4, 0.5) is 18.0 Å². The van der Waals surface area contributed by atoms with Crippen LogP contribution in [0.3, 0.4) is 0 Å². The molecule has 2 aromatic carbocycles. The number of benzene rings is 2. The maximum atomic E-state index is 14.0. The fourth-order valence-electron chi connectivity index (χ4n) is 10.4. The SMILES string of the molecule is CNC(=O)N1CCn2c(C3CC3Cn3nc(-c4cnn(C)c4)c4cc(-c5nc(C6CC6)n6c5CN(C(C)=O)CC6)ccc43)nc(-c3ccnc4cc(-c5cnn(C)c5)c(OC(F)(F)F)cc34)c2C1. The maximum absolute atomic E-state index is 14.0. The van der Waals surface area contributed by atoms with Gasteiger partial charge in [-0.2, -0.15) is 15.3 Å². The summed E-state index contributed by atoms with van der Waals surface area (Å²) >= 11 is 0. The summed E-state index contributed by atoms with van der Waals surface area (Å²) in [6, 6.07) is 10.9. The molecule has 8 heterocycles. The number of hydrogen-bond acceptors (Lipinski definition) is 9. The van der Waals surface area contributed by atoms with Gasteiger partial charge < -0.3 is 29.0 Å². The number of imidazole rings is 2. The third-order valence-electron chi connectivity index (χ3n) is 14.0. The van der Waals surface area contributed by atoms with Gasteiger partial charge in [-0.05, 0) is 55.5 Å². The summed E-state index contributed by atoms with van der Waals surface area (Å²) in [6.07, 6.45) is 6.65. The van der Waals surface area contributed by atoms with Gasteiger partial charge in [-0.15, -0.1) is 13.2 Å². The molecule has 2 atom stereocenters. The highest BCUT2D eigenvalue weighted by Gasteiger charge is 2.44. The Hall–Kier alpha value is -7.51. The van der Waals surface area contributed by atoms with Crippen molar-refractivity contribution in [1.82, 2.24) is 68.5 Å². The van der Waals surface area contributed by atoms with E-state index in [1.807, 2.05) is 24.3 Å². The highest BCUT2D eigenvalue weighted by atomic mass is 19.4. The first-order chi connectivity index (χ1) is 32.8. The molecular weight excluding hydrogens is 878 g/mol. The van der Waals surface area contributed by atoms with Gasteiger partial charge in [0, 0.05) is 130 Å². The van der Waals surface area contributed by atoms with E-state index in [0.29, 0.717) is 66.4 Å². The molecular formula is C48H47F3N14O3. The highest BCUT2D eigenvalue weighted by molar-refractivity contribution is 5.99. The average molecular weight is 925 g/mol. The van der Waals surface area contributed by atoms with Crippen LogP contribution >= 0.6 is 0 Å². The molecule has 8 aromatic rings. The molecule has 2 aliphatic heterocycles. The van der Waals surface area contributed by atoms with Gasteiger partial charge in [0.15, 0.2) is 0 Å². The minimum atomic E-state index is -4.96. The molecule has 2 saturated carbocycles. The van der Waals surface area contributed by atoms with Gasteiger partial charge in [0.05, 0.1) is 59.3 Å². The van der Waals surface area contributed by atoms with E-state index in [1.54, 1.807) is 55.1 Å². The lowest BCUT2D eigenvalue weighted by molar-refractivity contribution is -0.274. The second kappa shape index (κ2) is 15.5. The number of nitrogens with one attached hydrogen (secondary N) is 1. The lowest BCUT2D eigenvalue weighted by atomic mass is 9.99. The fourth-order valence-corrected chi connectivity index (χ4v) is 10.4. The zero-order valence-corrected chi connectivity index (χ0v) is 37.8. The number of pyridine rings is 1. The number of rotatable bonds is 9. The predicted octanol–water partition coefficient (Wildman–Crippen LogP) is 7.21. The molecule has 0 radical (unpaired) electrons. The van der Waals surface area contributed by atoms with Crippen LogP contribution in [0.15, 0.2) is 67.4 Å². The van der Waals surface area contributed by atoms with Crippen LogP contribution in [0.5, 0.6) is 5.75 Å². The predicted molar refractivity (Wildman–Crippen MR) is 244 cm³/mol. The monoisotopic (exact) mass is 924 g/mol. The number of amides is 3. The van der Waals surface area contributed by atoms with E-state index >= 15 is 0 Å². The Labute approximate surface area is 387 Å². The summed E-state index contributed by atoms with van der Waals surface area (Å²) in [4.78, 5) is 44.4. The lowest BCUT2D eigenvalue weighted by Gasteiger charge is -2.29. The van der Waals surface area contributed by atoms with Gasteiger partial charge in [-0.25, -0.2) is 14.8 Å². The second-order valence-electron chi connectivity index (χ2n) is 18.5. The minimum Gasteiger partial charge on any atom is -0.405 e. The number of carbonyl (C=O) groups is 2. The smallest absolute Gasteiger partial charge is 0.405 e. The molecule has 12 rings (SSSR count). The zero-order valence-electron chi connectivity index (χ0n) is 37.8. The molecule has 2 unspecified atom stereocenters. The molecule has 348 valence electrons. The molecule has 0 bridgehead atoms. The highest BCUT2D eigenvalue weighted by Crippen LogP contribution is 2.51. The third-order valence-corrected chi connectivity index (χ3v) is 14.0. The summed E-state index contributed by atoms with van der Waals surface area (Å²) in [5.41, 5.74) is 8.66. The molecule has 0 saturated heterocycles. The molecule has 2 fully saturated rings. The van der Waals surface area contributed by atoms with Crippen molar-refractivity contribution in [3.8, 4) is 50.6 Å². The van der Waals surface area contributed by atoms with Crippen molar-refractivity contribution in [2.24, 2.45) is 20.0 Å².